The average molecular weight is 458 g/mol. The van der Waals surface area contributed by atoms with Crippen LogP contribution in [0.4, 0.5) is 5.69 Å². The van der Waals surface area contributed by atoms with Gasteiger partial charge >= 0.3 is 0 Å². The van der Waals surface area contributed by atoms with Gasteiger partial charge in [0.15, 0.2) is 6.61 Å². The predicted octanol–water partition coefficient (Wildman–Crippen LogP) is 6.44. The Morgan fingerprint density at radius 2 is 1.80 bits per heavy atom. The molecule has 30 heavy (non-hydrogen) atoms. The minimum atomic E-state index is -0.526. The Kier molecular flexibility index (Phi) is 5.70. The lowest BCUT2D eigenvalue weighted by Gasteiger charge is -2.42. The van der Waals surface area contributed by atoms with Gasteiger partial charge in [0.1, 0.15) is 15.3 Å². The van der Waals surface area contributed by atoms with E-state index in [9.17, 15) is 4.79 Å². The second-order valence-corrected chi connectivity index (χ2v) is 10.4. The average Bonchev–Trinajstić information content (AvgIpc) is 3.15. The maximum atomic E-state index is 13.4. The monoisotopic (exact) mass is 457 g/mol. The number of methoxy groups -OCH3 is 1. The third-order valence-corrected chi connectivity index (χ3v) is 8.73. The van der Waals surface area contributed by atoms with Gasteiger partial charge in [0.05, 0.1) is 23.2 Å². The van der Waals surface area contributed by atoms with Crippen LogP contribution in [-0.2, 0) is 16.8 Å². The van der Waals surface area contributed by atoms with Crippen LogP contribution in [0.1, 0.15) is 31.2 Å². The summed E-state index contributed by atoms with van der Waals surface area (Å²) in [6.07, 6.45) is 0.969. The molecule has 156 valence electrons. The van der Waals surface area contributed by atoms with E-state index in [1.807, 2.05) is 47.4 Å². The second kappa shape index (κ2) is 8.13. The number of hydrogen-bond donors (Lipinski definition) is 0. The molecule has 0 saturated heterocycles. The third-order valence-electron chi connectivity index (χ3n) is 5.40. The number of carbonyl (C=O) groups is 1. The second-order valence-electron chi connectivity index (χ2n) is 7.62. The molecule has 7 heteroatoms. The fourth-order valence-corrected chi connectivity index (χ4v) is 7.09. The molecule has 0 saturated carbocycles. The zero-order valence-corrected chi connectivity index (χ0v) is 19.8. The van der Waals surface area contributed by atoms with Gasteiger partial charge in [0, 0.05) is 11.1 Å². The number of fused-ring (bicyclic) bond motifs is 3. The Morgan fingerprint density at radius 1 is 1.10 bits per heavy atom. The molecular formula is C23H23NO3S3. The number of carbonyl (C=O) groups excluding carboxylic acids is 1. The summed E-state index contributed by atoms with van der Waals surface area (Å²) in [6.45, 7) is 6.19. The highest BCUT2D eigenvalue weighted by Crippen LogP contribution is 2.52. The van der Waals surface area contributed by atoms with E-state index >= 15 is 0 Å². The van der Waals surface area contributed by atoms with E-state index in [4.69, 9.17) is 21.7 Å². The maximum Gasteiger partial charge on any atom is 0.265 e. The summed E-state index contributed by atoms with van der Waals surface area (Å²) in [5, 5.41) is 0. The van der Waals surface area contributed by atoms with Crippen LogP contribution >= 0.6 is 32.9 Å². The quantitative estimate of drug-likeness (QED) is 0.326. The van der Waals surface area contributed by atoms with Crippen LogP contribution in [0, 0.1) is 3.82 Å². The molecule has 0 unspecified atom stereocenters. The van der Waals surface area contributed by atoms with Crippen LogP contribution in [0.2, 0.25) is 0 Å². The fraction of sp³-hybridized carbons (Fsp3) is 0.304. The zero-order chi connectivity index (χ0) is 21.5. The Hall–Kier alpha value is -2.22. The van der Waals surface area contributed by atoms with E-state index in [1.54, 1.807) is 27.8 Å². The van der Waals surface area contributed by atoms with Crippen molar-refractivity contribution in [3.05, 3.63) is 56.7 Å². The predicted molar refractivity (Wildman–Crippen MR) is 127 cm³/mol. The van der Waals surface area contributed by atoms with Gasteiger partial charge in [0.25, 0.3) is 5.91 Å². The molecule has 1 aliphatic heterocycles. The first-order chi connectivity index (χ1) is 14.4. The molecule has 0 atom stereocenters. The molecule has 0 aliphatic carbocycles. The minimum absolute atomic E-state index is 0.0365. The van der Waals surface area contributed by atoms with Gasteiger partial charge in [-0.2, -0.15) is 0 Å². The maximum absolute atomic E-state index is 13.4. The summed E-state index contributed by atoms with van der Waals surface area (Å²) in [7, 11) is 4.85. The van der Waals surface area contributed by atoms with Crippen molar-refractivity contribution in [3.63, 3.8) is 0 Å². The van der Waals surface area contributed by atoms with Gasteiger partial charge in [-0.15, -0.1) is 0 Å². The first-order valence-electron chi connectivity index (χ1n) is 9.73. The Balaban J connectivity index is 1.70. The van der Waals surface area contributed by atoms with Crippen molar-refractivity contribution in [3.8, 4) is 22.6 Å². The number of hydrogen-bond acceptors (Lipinski definition) is 6. The number of aryl methyl sites for hydroxylation is 1. The van der Waals surface area contributed by atoms with Gasteiger partial charge in [0.2, 0.25) is 0 Å². The van der Waals surface area contributed by atoms with Crippen LogP contribution < -0.4 is 14.4 Å². The lowest BCUT2D eigenvalue weighted by Crippen LogP contribution is -2.49. The van der Waals surface area contributed by atoms with E-state index in [0.29, 0.717) is 5.75 Å². The van der Waals surface area contributed by atoms with E-state index < -0.39 is 5.54 Å². The van der Waals surface area contributed by atoms with E-state index in [1.165, 1.54) is 5.56 Å². The van der Waals surface area contributed by atoms with Crippen molar-refractivity contribution in [2.75, 3.05) is 18.6 Å². The summed E-state index contributed by atoms with van der Waals surface area (Å²) >= 11 is 5.63. The molecule has 4 nitrogen and oxygen atoms in total. The normalized spacial score (nSPS) is 14.1. The lowest BCUT2D eigenvalue weighted by atomic mass is 9.87. The Bertz CT molecular complexity index is 1150. The van der Waals surface area contributed by atoms with E-state index in [2.05, 4.69) is 20.8 Å². The van der Waals surface area contributed by atoms with Crippen molar-refractivity contribution in [2.24, 2.45) is 0 Å². The summed E-state index contributed by atoms with van der Waals surface area (Å²) in [5.41, 5.74) is 3.52. The lowest BCUT2D eigenvalue weighted by molar-refractivity contribution is -0.121. The molecule has 0 fully saturated rings. The SMILES string of the molecule is CCc1ccc(OCC(=O)N2c3ccc(OC)cc3-c3c(ssc3=S)C2(C)C)cc1. The van der Waals surface area contributed by atoms with Crippen LogP contribution in [-0.4, -0.2) is 19.6 Å². The van der Waals surface area contributed by atoms with Crippen molar-refractivity contribution < 1.29 is 14.3 Å². The molecule has 0 N–H and O–H groups in total. The number of amides is 1. The van der Waals surface area contributed by atoms with Crippen LogP contribution in [0.25, 0.3) is 11.1 Å². The van der Waals surface area contributed by atoms with Gasteiger partial charge in [-0.1, -0.05) is 52.0 Å². The molecule has 2 heterocycles. The molecule has 1 aromatic heterocycles. The highest BCUT2D eigenvalue weighted by molar-refractivity contribution is 7.80. The van der Waals surface area contributed by atoms with Crippen LogP contribution in [0.5, 0.6) is 11.5 Å². The number of rotatable bonds is 5. The third kappa shape index (κ3) is 3.55. The van der Waals surface area contributed by atoms with E-state index in [-0.39, 0.29) is 12.5 Å². The largest absolute Gasteiger partial charge is 0.497 e. The highest BCUT2D eigenvalue weighted by Gasteiger charge is 2.43. The topological polar surface area (TPSA) is 38.8 Å². The van der Waals surface area contributed by atoms with Gasteiger partial charge < -0.3 is 9.47 Å². The highest BCUT2D eigenvalue weighted by atomic mass is 32.9. The summed E-state index contributed by atoms with van der Waals surface area (Å²) in [4.78, 5) is 16.3. The van der Waals surface area contributed by atoms with Gasteiger partial charge in [-0.3, -0.25) is 9.69 Å². The van der Waals surface area contributed by atoms with Crippen molar-refractivity contribution in [1.82, 2.24) is 0 Å². The van der Waals surface area contributed by atoms with Gasteiger partial charge in [-0.05, 0) is 56.2 Å². The number of ether oxygens (including phenoxy) is 2. The number of anilines is 1. The molecular weight excluding hydrogens is 434 g/mol. The van der Waals surface area contributed by atoms with Crippen molar-refractivity contribution in [1.29, 1.82) is 0 Å². The minimum Gasteiger partial charge on any atom is -0.497 e. The number of nitrogens with zero attached hydrogens (tertiary/aromatic N) is 1. The molecule has 0 bridgehead atoms. The molecule has 3 aromatic rings. The van der Waals surface area contributed by atoms with E-state index in [0.717, 1.165) is 37.7 Å². The first kappa shape index (κ1) is 21.0. The molecule has 1 aliphatic rings. The van der Waals surface area contributed by atoms with Crippen LogP contribution in [0.15, 0.2) is 42.5 Å². The molecule has 0 spiro atoms. The summed E-state index contributed by atoms with van der Waals surface area (Å²) in [5.74, 6) is 1.34. The molecule has 2 aromatic carbocycles. The van der Waals surface area contributed by atoms with Crippen LogP contribution in [0.3, 0.4) is 0 Å². The standard InChI is InChI=1S/C23H23NO3S3/c1-5-14-6-8-15(9-7-14)27-13-19(25)24-18-11-10-16(26-4)12-17(18)20-21(23(24,2)3)29-30-22(20)28/h6-12H,5,13H2,1-4H3. The summed E-state index contributed by atoms with van der Waals surface area (Å²) < 4.78 is 12.1. The first-order valence-corrected chi connectivity index (χ1v) is 12.3. The molecule has 0 radical (unpaired) electrons. The molecule has 1 amide bonds. The summed E-state index contributed by atoms with van der Waals surface area (Å²) in [6, 6.07) is 13.6. The van der Waals surface area contributed by atoms with Gasteiger partial charge in [-0.25, -0.2) is 0 Å². The molecule has 4 rings (SSSR count). The smallest absolute Gasteiger partial charge is 0.265 e. The zero-order valence-electron chi connectivity index (χ0n) is 17.4. The fourth-order valence-electron chi connectivity index (χ4n) is 3.81. The number of benzene rings is 2. The Labute approximate surface area is 189 Å². The Morgan fingerprint density at radius 3 is 2.47 bits per heavy atom. The van der Waals surface area contributed by atoms with Crippen molar-refractivity contribution in [2.45, 2.75) is 32.7 Å². The van der Waals surface area contributed by atoms with Crippen molar-refractivity contribution >= 4 is 44.5 Å².